The third-order valence-corrected chi connectivity index (χ3v) is 8.26. The van der Waals surface area contributed by atoms with Crippen LogP contribution in [0.2, 0.25) is 10.8 Å². The van der Waals surface area contributed by atoms with Crippen LogP contribution in [0.15, 0.2) is 98.2 Å². The summed E-state index contributed by atoms with van der Waals surface area (Å²) >= 11 is 5.96. The Balaban J connectivity index is 1.82. The van der Waals surface area contributed by atoms with E-state index in [0.29, 0.717) is 23.6 Å². The first-order valence-electron chi connectivity index (χ1n) is 11.2. The molecule has 0 aromatic heterocycles. The molecule has 8 nitrogen and oxygen atoms in total. The van der Waals surface area contributed by atoms with Crippen LogP contribution in [0.25, 0.3) is 0 Å². The van der Waals surface area contributed by atoms with Crippen LogP contribution < -0.4 is 5.73 Å². The van der Waals surface area contributed by atoms with Gasteiger partial charge in [0, 0.05) is 0 Å². The van der Waals surface area contributed by atoms with Gasteiger partial charge in [-0.25, -0.2) is 0 Å². The maximum absolute atomic E-state index is 13.2. The van der Waals surface area contributed by atoms with Crippen molar-refractivity contribution in [2.75, 3.05) is 6.54 Å². The number of rotatable bonds is 5. The quantitative estimate of drug-likeness (QED) is 0.268. The molecule has 1 heterocycles. The molecule has 1 aliphatic heterocycles. The molecule has 4 rings (SSSR count). The summed E-state index contributed by atoms with van der Waals surface area (Å²) in [7, 11) is -4.15. The topological polar surface area (TPSA) is 124 Å². The van der Waals surface area contributed by atoms with E-state index in [4.69, 9.17) is 27.7 Å². The molecule has 1 aliphatic rings. The number of hydrogen-bond donors (Lipinski definition) is 1. The molecule has 0 bridgehead atoms. The fraction of sp³-hybridized carbons (Fsp3) is 0.154. The van der Waals surface area contributed by atoms with Crippen molar-refractivity contribution in [3.63, 3.8) is 0 Å². The van der Waals surface area contributed by atoms with E-state index in [2.05, 4.69) is 9.39 Å². The molecule has 0 spiro atoms. The zero-order valence-electron chi connectivity index (χ0n) is 19.8. The Morgan fingerprint density at radius 3 is 2.41 bits per heavy atom. The molecule has 0 saturated heterocycles. The number of nitriles is 1. The Labute approximate surface area is 227 Å². The number of benzene rings is 3. The van der Waals surface area contributed by atoms with Crippen molar-refractivity contribution < 1.29 is 8.42 Å². The van der Waals surface area contributed by atoms with Gasteiger partial charge in [-0.2, -0.15) is 0 Å². The first-order chi connectivity index (χ1) is 17.8. The number of halogens is 1. The summed E-state index contributed by atoms with van der Waals surface area (Å²) in [6.07, 6.45) is 0.647. The molecule has 0 saturated carbocycles. The number of nitrogens with two attached hydrogens (primary N) is 1. The van der Waals surface area contributed by atoms with Crippen LogP contribution in [0.4, 0.5) is 0 Å². The zero-order valence-corrected chi connectivity index (χ0v) is 23.1. The Morgan fingerprint density at radius 1 is 1.11 bits per heavy atom. The van der Waals surface area contributed by atoms with Crippen LogP contribution in [0.5, 0.6) is 0 Å². The van der Waals surface area contributed by atoms with Crippen molar-refractivity contribution >= 4 is 53.0 Å². The molecule has 3 aromatic rings. The van der Waals surface area contributed by atoms with Crippen LogP contribution in [0.3, 0.4) is 0 Å². The van der Waals surface area contributed by atoms with E-state index in [0.717, 1.165) is 16.8 Å². The van der Waals surface area contributed by atoms with Crippen molar-refractivity contribution in [2.45, 2.75) is 23.1 Å². The Morgan fingerprint density at radius 2 is 1.78 bits per heavy atom. The number of sulfonamides is 1. The van der Waals surface area contributed by atoms with Crippen molar-refractivity contribution in [1.29, 1.82) is 5.26 Å². The van der Waals surface area contributed by atoms with Crippen molar-refractivity contribution in [3.8, 4) is 6.07 Å². The van der Waals surface area contributed by atoms with Gasteiger partial charge in [-0.05, 0) is 0 Å². The van der Waals surface area contributed by atoms with Gasteiger partial charge in [-0.1, -0.05) is 0 Å². The molecule has 1 atom stereocenters. The predicted molar refractivity (Wildman–Crippen MR) is 148 cm³/mol. The average molecular weight is 598 g/mol. The van der Waals surface area contributed by atoms with Crippen molar-refractivity contribution in [3.05, 3.63) is 101 Å². The monoisotopic (exact) mass is 598 g/mol. The molecular formula is C26H23ClN6O2SSe. The van der Waals surface area contributed by atoms with Gasteiger partial charge < -0.3 is 0 Å². The molecule has 2 N–H and O–H groups in total. The predicted octanol–water partition coefficient (Wildman–Crippen LogP) is 4.22. The zero-order chi connectivity index (χ0) is 26.4. The van der Waals surface area contributed by atoms with Gasteiger partial charge >= 0.3 is 228 Å². The van der Waals surface area contributed by atoms with Crippen LogP contribution in [0.1, 0.15) is 29.0 Å². The van der Waals surface area contributed by atoms with Crippen LogP contribution in [-0.4, -0.2) is 51.3 Å². The Hall–Kier alpha value is -3.48. The molecule has 0 amide bonds. The molecule has 3 aromatic carbocycles. The minimum atomic E-state index is -4.15. The van der Waals surface area contributed by atoms with E-state index in [1.807, 2.05) is 54.4 Å². The molecule has 0 aliphatic carbocycles. The van der Waals surface area contributed by atoms with Gasteiger partial charge in [0.2, 0.25) is 0 Å². The van der Waals surface area contributed by atoms with Crippen LogP contribution >= 0.6 is 11.6 Å². The van der Waals surface area contributed by atoms with E-state index >= 15 is 0 Å². The first-order valence-corrected chi connectivity index (χ1v) is 15.6. The van der Waals surface area contributed by atoms with E-state index < -0.39 is 10.0 Å². The number of hydrogen-bond acceptors (Lipinski definition) is 4. The Kier molecular flexibility index (Phi) is 8.41. The molecule has 11 heteroatoms. The van der Waals surface area contributed by atoms with Gasteiger partial charge in [0.15, 0.2) is 0 Å². The van der Waals surface area contributed by atoms with Gasteiger partial charge in [0.25, 0.3) is 0 Å². The van der Waals surface area contributed by atoms with Gasteiger partial charge in [-0.3, -0.25) is 0 Å². The van der Waals surface area contributed by atoms with Gasteiger partial charge in [0.1, 0.15) is 0 Å². The summed E-state index contributed by atoms with van der Waals surface area (Å²) in [5.41, 5.74) is 9.08. The summed E-state index contributed by atoms with van der Waals surface area (Å²) in [5, 5.41) is 16.0. The van der Waals surface area contributed by atoms with Crippen molar-refractivity contribution in [1.82, 2.24) is 5.01 Å². The summed E-state index contributed by atoms with van der Waals surface area (Å²) in [4.78, 5) is 4.29. The SMILES string of the molecule is C[Se]/C(N)=N\C(=N\S(=O)(=O)c1ccc(C#N)cc1)N1CCC(c2ccccc2)C(c2ccc(Cl)cc2)=N1. The van der Waals surface area contributed by atoms with Crippen LogP contribution in [0, 0.1) is 11.3 Å². The van der Waals surface area contributed by atoms with E-state index in [1.165, 1.54) is 29.3 Å². The maximum atomic E-state index is 13.2. The first kappa shape index (κ1) is 26.6. The fourth-order valence-corrected chi connectivity index (χ4v) is 5.23. The van der Waals surface area contributed by atoms with Crippen molar-refractivity contribution in [2.24, 2.45) is 20.2 Å². The third-order valence-electron chi connectivity index (χ3n) is 5.66. The second-order valence-electron chi connectivity index (χ2n) is 8.02. The second-order valence-corrected chi connectivity index (χ2v) is 11.8. The Bertz CT molecular complexity index is 1500. The van der Waals surface area contributed by atoms with E-state index in [9.17, 15) is 8.42 Å². The number of nitrogens with zero attached hydrogens (tertiary/aromatic N) is 5. The van der Waals surface area contributed by atoms with Crippen LogP contribution in [-0.2, 0) is 10.0 Å². The number of hydrazone groups is 1. The standard InChI is InChI=1S/C26H23ClN6O2SSe/c1-37-25(29)30-26(32-36(34,35)22-13-7-18(17-28)8-14-22)33-16-15-23(19-5-3-2-4-6-19)24(31-33)20-9-11-21(27)12-10-20/h2-14,23H,15-16H2,1H3,(H2,29,30,32). The summed E-state index contributed by atoms with van der Waals surface area (Å²) < 4.78 is 30.6. The normalized spacial score (nSPS) is 16.7. The molecule has 37 heavy (non-hydrogen) atoms. The van der Waals surface area contributed by atoms with E-state index in [-0.39, 0.29) is 36.5 Å². The summed E-state index contributed by atoms with van der Waals surface area (Å²) in [6, 6.07) is 24.9. The number of amidine groups is 1. The third kappa shape index (κ3) is 6.45. The second kappa shape index (κ2) is 11.7. The molecule has 0 fully saturated rings. The number of aliphatic imine (C=N–C) groups is 1. The molecule has 188 valence electrons. The van der Waals surface area contributed by atoms with Gasteiger partial charge in [-0.15, -0.1) is 0 Å². The molecule has 1 unspecified atom stereocenters. The summed E-state index contributed by atoms with van der Waals surface area (Å²) in [5.74, 6) is 1.75. The molecular weight excluding hydrogens is 575 g/mol. The van der Waals surface area contributed by atoms with Gasteiger partial charge in [0.05, 0.1) is 0 Å². The molecule has 0 radical (unpaired) electrons. The number of guanidine groups is 1. The average Bonchev–Trinajstić information content (AvgIpc) is 2.93. The minimum absolute atomic E-state index is 0.0215. The summed E-state index contributed by atoms with van der Waals surface area (Å²) in [6.45, 7) is 0.381. The van der Waals surface area contributed by atoms with E-state index in [1.54, 1.807) is 12.1 Å². The fourth-order valence-electron chi connectivity index (χ4n) is 3.80.